The summed E-state index contributed by atoms with van der Waals surface area (Å²) in [6.07, 6.45) is 0.425. The highest BCUT2D eigenvalue weighted by molar-refractivity contribution is 5.98. The topological polar surface area (TPSA) is 49.9 Å². The number of hydrogen-bond donors (Lipinski definition) is 0. The summed E-state index contributed by atoms with van der Waals surface area (Å²) in [5, 5.41) is 0. The van der Waals surface area contributed by atoms with Gasteiger partial charge in [-0.1, -0.05) is 6.92 Å². The van der Waals surface area contributed by atoms with Gasteiger partial charge in [-0.3, -0.25) is 14.5 Å². The minimum atomic E-state index is -4.46. The van der Waals surface area contributed by atoms with Crippen LogP contribution in [-0.2, 0) is 15.7 Å². The number of carbonyl (C=O) groups excluding carboxylic acids is 2. The number of ether oxygens (including phenoxy) is 1. The molecule has 3 fully saturated rings. The maximum atomic E-state index is 13.5. The summed E-state index contributed by atoms with van der Waals surface area (Å²) in [7, 11) is 0. The van der Waals surface area contributed by atoms with Crippen LogP contribution in [0.3, 0.4) is 0 Å². The summed E-state index contributed by atoms with van der Waals surface area (Å²) in [6, 6.07) is 3.49. The van der Waals surface area contributed by atoms with E-state index >= 15 is 0 Å². The summed E-state index contributed by atoms with van der Waals surface area (Å²) in [4.78, 5) is 30.0. The van der Waals surface area contributed by atoms with Crippen LogP contribution in [-0.4, -0.2) is 53.1 Å². The number of nitrogens with zero attached hydrogens (tertiary/aromatic N) is 2. The van der Waals surface area contributed by atoms with Gasteiger partial charge in [0.15, 0.2) is 0 Å². The number of rotatable bonds is 2. The molecular formula is C22H27F3N2O3. The van der Waals surface area contributed by atoms with E-state index in [1.165, 1.54) is 12.1 Å². The van der Waals surface area contributed by atoms with Crippen molar-refractivity contribution in [1.29, 1.82) is 0 Å². The van der Waals surface area contributed by atoms with Crippen LogP contribution in [0.25, 0.3) is 0 Å². The van der Waals surface area contributed by atoms with E-state index in [9.17, 15) is 22.8 Å². The first-order valence-electron chi connectivity index (χ1n) is 10.6. The maximum Gasteiger partial charge on any atom is 0.416 e. The molecule has 2 heterocycles. The summed E-state index contributed by atoms with van der Waals surface area (Å²) in [5.74, 6) is -0.0489. The third kappa shape index (κ3) is 3.82. The van der Waals surface area contributed by atoms with Crippen LogP contribution in [0.4, 0.5) is 13.2 Å². The fourth-order valence-corrected chi connectivity index (χ4v) is 4.86. The zero-order chi connectivity index (χ0) is 21.5. The van der Waals surface area contributed by atoms with Crippen LogP contribution in [0, 0.1) is 5.92 Å². The number of hydrogen-bond acceptors (Lipinski definition) is 3. The van der Waals surface area contributed by atoms with E-state index in [1.807, 2.05) is 0 Å². The SMILES string of the molecule is CC1CCC2(CC1)OC[C@@H](C(=O)N1CCCC1)N2C(=O)c1ccc(C(F)(F)F)cc1. The van der Waals surface area contributed by atoms with Crippen LogP contribution < -0.4 is 0 Å². The second-order valence-electron chi connectivity index (χ2n) is 8.74. The van der Waals surface area contributed by atoms with Gasteiger partial charge in [0.2, 0.25) is 5.91 Å². The Labute approximate surface area is 174 Å². The highest BCUT2D eigenvalue weighted by Crippen LogP contribution is 2.43. The second-order valence-corrected chi connectivity index (χ2v) is 8.74. The minimum absolute atomic E-state index is 0.122. The third-order valence-electron chi connectivity index (χ3n) is 6.70. The van der Waals surface area contributed by atoms with Crippen molar-refractivity contribution in [1.82, 2.24) is 9.80 Å². The summed E-state index contributed by atoms with van der Waals surface area (Å²) >= 11 is 0. The molecule has 0 unspecified atom stereocenters. The molecule has 2 aliphatic heterocycles. The van der Waals surface area contributed by atoms with Gasteiger partial charge in [-0.05, 0) is 68.7 Å². The van der Waals surface area contributed by atoms with Crippen LogP contribution in [0.1, 0.15) is 61.4 Å². The zero-order valence-corrected chi connectivity index (χ0v) is 17.1. The Morgan fingerprint density at radius 1 is 1.07 bits per heavy atom. The Kier molecular flexibility index (Phi) is 5.55. The average molecular weight is 424 g/mol. The standard InChI is InChI=1S/C22H27F3N2O3/c1-15-8-10-21(11-9-15)27(18(14-30-21)20(29)26-12-2-3-13-26)19(28)16-4-6-17(7-5-16)22(23,24)25/h4-7,15,18H,2-3,8-14H2,1H3/t15?,18-,21?/m0/s1. The smallest absolute Gasteiger partial charge is 0.353 e. The van der Waals surface area contributed by atoms with Gasteiger partial charge >= 0.3 is 6.18 Å². The number of benzene rings is 1. The lowest BCUT2D eigenvalue weighted by Crippen LogP contribution is -2.57. The highest BCUT2D eigenvalue weighted by atomic mass is 19.4. The van der Waals surface area contributed by atoms with Gasteiger partial charge < -0.3 is 9.64 Å². The van der Waals surface area contributed by atoms with E-state index in [0.29, 0.717) is 31.8 Å². The predicted octanol–water partition coefficient (Wildman–Crippen LogP) is 4.08. The Hall–Kier alpha value is -2.09. The molecule has 1 atom stereocenters. The van der Waals surface area contributed by atoms with Crippen LogP contribution in [0.15, 0.2) is 24.3 Å². The molecule has 1 saturated carbocycles. The van der Waals surface area contributed by atoms with E-state index in [1.54, 1.807) is 9.80 Å². The third-order valence-corrected chi connectivity index (χ3v) is 6.70. The van der Waals surface area contributed by atoms with Crippen molar-refractivity contribution in [2.24, 2.45) is 5.92 Å². The highest BCUT2D eigenvalue weighted by Gasteiger charge is 2.54. The molecule has 8 heteroatoms. The summed E-state index contributed by atoms with van der Waals surface area (Å²) < 4.78 is 44.9. The van der Waals surface area contributed by atoms with Gasteiger partial charge in [-0.15, -0.1) is 0 Å². The second kappa shape index (κ2) is 7.87. The average Bonchev–Trinajstić information content (AvgIpc) is 3.38. The van der Waals surface area contributed by atoms with Crippen molar-refractivity contribution < 1.29 is 27.5 Å². The number of amides is 2. The quantitative estimate of drug-likeness (QED) is 0.719. The first-order chi connectivity index (χ1) is 14.2. The van der Waals surface area contributed by atoms with Crippen molar-refractivity contribution >= 4 is 11.8 Å². The van der Waals surface area contributed by atoms with Crippen molar-refractivity contribution in [3.63, 3.8) is 0 Å². The van der Waals surface area contributed by atoms with Crippen molar-refractivity contribution in [2.75, 3.05) is 19.7 Å². The van der Waals surface area contributed by atoms with E-state index in [2.05, 4.69) is 6.92 Å². The molecule has 1 aliphatic carbocycles. The van der Waals surface area contributed by atoms with Gasteiger partial charge in [0.05, 0.1) is 12.2 Å². The van der Waals surface area contributed by atoms with Crippen LogP contribution in [0.5, 0.6) is 0 Å². The molecule has 1 aromatic rings. The molecule has 164 valence electrons. The Morgan fingerprint density at radius 3 is 2.23 bits per heavy atom. The van der Waals surface area contributed by atoms with Gasteiger partial charge in [0.25, 0.3) is 5.91 Å². The molecule has 5 nitrogen and oxygen atoms in total. The fourth-order valence-electron chi connectivity index (χ4n) is 4.86. The molecule has 1 aromatic carbocycles. The monoisotopic (exact) mass is 424 g/mol. The molecule has 1 spiro atoms. The molecular weight excluding hydrogens is 397 g/mol. The molecule has 0 bridgehead atoms. The molecule has 0 N–H and O–H groups in total. The molecule has 2 amide bonds. The minimum Gasteiger partial charge on any atom is -0.353 e. The van der Waals surface area contributed by atoms with Gasteiger partial charge in [0, 0.05) is 18.7 Å². The number of likely N-dealkylation sites (tertiary alicyclic amines) is 1. The Bertz CT molecular complexity index is 795. The van der Waals surface area contributed by atoms with Crippen molar-refractivity contribution in [2.45, 2.75) is 63.4 Å². The van der Waals surface area contributed by atoms with E-state index < -0.39 is 29.4 Å². The van der Waals surface area contributed by atoms with Crippen molar-refractivity contribution in [3.05, 3.63) is 35.4 Å². The van der Waals surface area contributed by atoms with Gasteiger partial charge in [-0.25, -0.2) is 0 Å². The fraction of sp³-hybridized carbons (Fsp3) is 0.636. The van der Waals surface area contributed by atoms with Gasteiger partial charge in [-0.2, -0.15) is 13.2 Å². The van der Waals surface area contributed by atoms with Gasteiger partial charge in [0.1, 0.15) is 11.8 Å². The lowest BCUT2D eigenvalue weighted by Gasteiger charge is -2.43. The maximum absolute atomic E-state index is 13.5. The lowest BCUT2D eigenvalue weighted by molar-refractivity contribution is -0.137. The molecule has 0 radical (unpaired) electrons. The first kappa shape index (κ1) is 21.2. The summed E-state index contributed by atoms with van der Waals surface area (Å²) in [6.45, 7) is 3.62. The largest absolute Gasteiger partial charge is 0.416 e. The van der Waals surface area contributed by atoms with Crippen LogP contribution >= 0.6 is 0 Å². The number of alkyl halides is 3. The normalized spacial score (nSPS) is 29.6. The Morgan fingerprint density at radius 2 is 1.67 bits per heavy atom. The number of halogens is 3. The molecule has 0 aromatic heterocycles. The van der Waals surface area contributed by atoms with Crippen LogP contribution in [0.2, 0.25) is 0 Å². The molecule has 3 aliphatic rings. The van der Waals surface area contributed by atoms with E-state index in [-0.39, 0.29) is 18.1 Å². The number of carbonyl (C=O) groups is 2. The van der Waals surface area contributed by atoms with E-state index in [0.717, 1.165) is 37.8 Å². The van der Waals surface area contributed by atoms with Crippen molar-refractivity contribution in [3.8, 4) is 0 Å². The molecule has 30 heavy (non-hydrogen) atoms. The first-order valence-corrected chi connectivity index (χ1v) is 10.6. The van der Waals surface area contributed by atoms with E-state index in [4.69, 9.17) is 4.74 Å². The summed E-state index contributed by atoms with van der Waals surface area (Å²) in [5.41, 5.74) is -1.51. The zero-order valence-electron chi connectivity index (χ0n) is 17.1. The Balaban J connectivity index is 1.64. The molecule has 2 saturated heterocycles. The lowest BCUT2D eigenvalue weighted by atomic mass is 9.83. The molecule has 4 rings (SSSR count). The predicted molar refractivity (Wildman–Crippen MR) is 104 cm³/mol.